The van der Waals surface area contributed by atoms with Crippen molar-refractivity contribution < 1.29 is 14.0 Å². The topological polar surface area (TPSA) is 49.4 Å². The fourth-order valence-corrected chi connectivity index (χ4v) is 3.70. The van der Waals surface area contributed by atoms with E-state index in [2.05, 4.69) is 5.32 Å². The Bertz CT molecular complexity index is 1090. The molecule has 1 aliphatic heterocycles. The highest BCUT2D eigenvalue weighted by Crippen LogP contribution is 2.25. The predicted molar refractivity (Wildman–Crippen MR) is 111 cm³/mol. The van der Waals surface area contributed by atoms with Gasteiger partial charge in [0.05, 0.1) is 10.6 Å². The normalized spacial score (nSPS) is 13.0. The lowest BCUT2D eigenvalue weighted by Crippen LogP contribution is -2.36. The third-order valence-electron chi connectivity index (χ3n) is 4.96. The first-order chi connectivity index (χ1) is 14.0. The van der Waals surface area contributed by atoms with Crippen LogP contribution in [0.1, 0.15) is 31.8 Å². The van der Waals surface area contributed by atoms with E-state index in [4.69, 9.17) is 11.6 Å². The molecule has 0 radical (unpaired) electrons. The van der Waals surface area contributed by atoms with Crippen molar-refractivity contribution in [3.05, 3.63) is 99.8 Å². The molecule has 146 valence electrons. The minimum absolute atomic E-state index is 0.0104. The van der Waals surface area contributed by atoms with Crippen molar-refractivity contribution in [1.82, 2.24) is 4.90 Å². The average molecular weight is 409 g/mol. The summed E-state index contributed by atoms with van der Waals surface area (Å²) in [6.45, 7) is 1.13. The zero-order chi connectivity index (χ0) is 20.4. The highest BCUT2D eigenvalue weighted by molar-refractivity contribution is 6.34. The second kappa shape index (κ2) is 8.05. The van der Waals surface area contributed by atoms with E-state index >= 15 is 0 Å². The highest BCUT2D eigenvalue weighted by atomic mass is 35.5. The van der Waals surface area contributed by atoms with Crippen LogP contribution >= 0.6 is 11.6 Å². The molecule has 0 bridgehead atoms. The number of nitrogens with one attached hydrogen (secondary N) is 1. The van der Waals surface area contributed by atoms with Crippen LogP contribution in [0.4, 0.5) is 10.1 Å². The molecule has 0 saturated heterocycles. The summed E-state index contributed by atoms with van der Waals surface area (Å²) in [5, 5.41) is 2.85. The number of rotatable bonds is 3. The SMILES string of the molecule is O=C(Nc1ccc2c(c1)CN(C(=O)c1ccccc1)CC2)c1ccc(F)cc1Cl. The molecule has 29 heavy (non-hydrogen) atoms. The van der Waals surface area contributed by atoms with E-state index in [-0.39, 0.29) is 16.5 Å². The fraction of sp³-hybridized carbons (Fsp3) is 0.130. The minimum Gasteiger partial charge on any atom is -0.334 e. The molecular weight excluding hydrogens is 391 g/mol. The van der Waals surface area contributed by atoms with Crippen molar-refractivity contribution in [3.8, 4) is 0 Å². The highest BCUT2D eigenvalue weighted by Gasteiger charge is 2.22. The van der Waals surface area contributed by atoms with Gasteiger partial charge in [-0.3, -0.25) is 9.59 Å². The maximum atomic E-state index is 13.2. The molecule has 2 amide bonds. The van der Waals surface area contributed by atoms with E-state index in [1.54, 1.807) is 17.0 Å². The van der Waals surface area contributed by atoms with Crippen LogP contribution in [0.3, 0.4) is 0 Å². The van der Waals surface area contributed by atoms with E-state index in [9.17, 15) is 14.0 Å². The van der Waals surface area contributed by atoms with Crippen molar-refractivity contribution >= 4 is 29.1 Å². The number of fused-ring (bicyclic) bond motifs is 1. The molecule has 0 aliphatic carbocycles. The molecule has 3 aromatic rings. The molecule has 3 aromatic carbocycles. The summed E-state index contributed by atoms with van der Waals surface area (Å²) in [5.41, 5.74) is 3.60. The third-order valence-corrected chi connectivity index (χ3v) is 5.27. The van der Waals surface area contributed by atoms with E-state index in [1.165, 1.54) is 12.1 Å². The number of carbonyl (C=O) groups is 2. The van der Waals surface area contributed by atoms with Crippen molar-refractivity contribution in [2.24, 2.45) is 0 Å². The molecule has 0 spiro atoms. The largest absolute Gasteiger partial charge is 0.334 e. The van der Waals surface area contributed by atoms with Crippen LogP contribution in [0.15, 0.2) is 66.7 Å². The summed E-state index contributed by atoms with van der Waals surface area (Å²) in [4.78, 5) is 27.0. The van der Waals surface area contributed by atoms with Gasteiger partial charge in [-0.2, -0.15) is 0 Å². The molecule has 4 nitrogen and oxygen atoms in total. The van der Waals surface area contributed by atoms with Gasteiger partial charge in [-0.15, -0.1) is 0 Å². The molecular formula is C23H18ClFN2O2. The van der Waals surface area contributed by atoms with Crippen LogP contribution in [0.25, 0.3) is 0 Å². The second-order valence-corrected chi connectivity index (χ2v) is 7.31. The number of carbonyl (C=O) groups excluding carboxylic acids is 2. The molecule has 1 heterocycles. The molecule has 0 fully saturated rings. The predicted octanol–water partition coefficient (Wildman–Crippen LogP) is 4.93. The van der Waals surface area contributed by atoms with Crippen LogP contribution in [-0.4, -0.2) is 23.3 Å². The van der Waals surface area contributed by atoms with Crippen molar-refractivity contribution in [3.63, 3.8) is 0 Å². The Labute approximate surface area is 172 Å². The maximum Gasteiger partial charge on any atom is 0.257 e. The van der Waals surface area contributed by atoms with E-state index in [0.717, 1.165) is 23.6 Å². The van der Waals surface area contributed by atoms with Gasteiger partial charge in [0.25, 0.3) is 11.8 Å². The van der Waals surface area contributed by atoms with Gasteiger partial charge < -0.3 is 10.2 Å². The Balaban J connectivity index is 1.51. The Morgan fingerprint density at radius 1 is 0.966 bits per heavy atom. The van der Waals surface area contributed by atoms with Gasteiger partial charge in [0.2, 0.25) is 0 Å². The number of anilines is 1. The Morgan fingerprint density at radius 2 is 1.76 bits per heavy atom. The first kappa shape index (κ1) is 19.2. The zero-order valence-corrected chi connectivity index (χ0v) is 16.2. The summed E-state index contributed by atoms with van der Waals surface area (Å²) in [6.07, 6.45) is 0.756. The van der Waals surface area contributed by atoms with Crippen molar-refractivity contribution in [2.45, 2.75) is 13.0 Å². The Hall–Kier alpha value is -3.18. The summed E-state index contributed by atoms with van der Waals surface area (Å²) in [7, 11) is 0. The van der Waals surface area contributed by atoms with Crippen molar-refractivity contribution in [1.29, 1.82) is 0 Å². The lowest BCUT2D eigenvalue weighted by atomic mass is 9.98. The van der Waals surface area contributed by atoms with Gasteiger partial charge in [-0.1, -0.05) is 35.9 Å². The molecule has 4 rings (SSSR count). The zero-order valence-electron chi connectivity index (χ0n) is 15.5. The molecule has 0 saturated carbocycles. The maximum absolute atomic E-state index is 13.2. The fourth-order valence-electron chi connectivity index (χ4n) is 3.44. The standard InChI is InChI=1S/C23H18ClFN2O2/c24-21-13-18(25)7-9-20(21)22(28)26-19-8-6-15-10-11-27(14-17(15)12-19)23(29)16-4-2-1-3-5-16/h1-9,12-13H,10-11,14H2,(H,26,28). The molecule has 0 aromatic heterocycles. The van der Waals surface area contributed by atoms with Crippen LogP contribution in [0, 0.1) is 5.82 Å². The van der Waals surface area contributed by atoms with Crippen molar-refractivity contribution in [2.75, 3.05) is 11.9 Å². The van der Waals surface area contributed by atoms with E-state index < -0.39 is 11.7 Å². The Morgan fingerprint density at radius 3 is 2.52 bits per heavy atom. The van der Waals surface area contributed by atoms with Crippen LogP contribution in [0.5, 0.6) is 0 Å². The van der Waals surface area contributed by atoms with Crippen LogP contribution in [-0.2, 0) is 13.0 Å². The summed E-state index contributed by atoms with van der Waals surface area (Å²) in [6, 6.07) is 18.5. The molecule has 0 unspecified atom stereocenters. The van der Waals surface area contributed by atoms with Gasteiger partial charge in [0.15, 0.2) is 0 Å². The van der Waals surface area contributed by atoms with Gasteiger partial charge >= 0.3 is 0 Å². The lowest BCUT2D eigenvalue weighted by molar-refractivity contribution is 0.0734. The Kier molecular flexibility index (Phi) is 5.32. The number of halogens is 2. The van der Waals surface area contributed by atoms with Gasteiger partial charge in [-0.25, -0.2) is 4.39 Å². The minimum atomic E-state index is -0.497. The van der Waals surface area contributed by atoms with E-state index in [0.29, 0.717) is 24.3 Å². The molecule has 1 aliphatic rings. The number of benzene rings is 3. The van der Waals surface area contributed by atoms with E-state index in [1.807, 2.05) is 36.4 Å². The second-order valence-electron chi connectivity index (χ2n) is 6.90. The van der Waals surface area contributed by atoms with Gasteiger partial charge in [-0.05, 0) is 60.0 Å². The van der Waals surface area contributed by atoms with Gasteiger partial charge in [0.1, 0.15) is 5.82 Å². The number of hydrogen-bond acceptors (Lipinski definition) is 2. The number of hydrogen-bond donors (Lipinski definition) is 1. The summed E-state index contributed by atoms with van der Waals surface area (Å²) in [5.74, 6) is -0.921. The average Bonchev–Trinajstić information content (AvgIpc) is 2.73. The van der Waals surface area contributed by atoms with Gasteiger partial charge in [0, 0.05) is 24.3 Å². The number of nitrogens with zero attached hydrogens (tertiary/aromatic N) is 1. The lowest BCUT2D eigenvalue weighted by Gasteiger charge is -2.29. The summed E-state index contributed by atoms with van der Waals surface area (Å²) >= 11 is 5.97. The third kappa shape index (κ3) is 4.15. The monoisotopic (exact) mass is 408 g/mol. The smallest absolute Gasteiger partial charge is 0.257 e. The summed E-state index contributed by atoms with van der Waals surface area (Å²) < 4.78 is 13.2. The molecule has 1 N–H and O–H groups in total. The van der Waals surface area contributed by atoms with Crippen LogP contribution < -0.4 is 5.32 Å². The quantitative estimate of drug-likeness (QED) is 0.668. The molecule has 6 heteroatoms. The molecule has 0 atom stereocenters. The first-order valence-corrected chi connectivity index (χ1v) is 9.61. The first-order valence-electron chi connectivity index (χ1n) is 9.24. The number of amides is 2. The van der Waals surface area contributed by atoms with Crippen LogP contribution in [0.2, 0.25) is 5.02 Å².